The Bertz CT molecular complexity index is 305. The summed E-state index contributed by atoms with van der Waals surface area (Å²) in [6.07, 6.45) is 7.15. The molecule has 1 amide bonds. The van der Waals surface area contributed by atoms with Crippen molar-refractivity contribution < 1.29 is 9.53 Å². The molecule has 0 bridgehead atoms. The molecule has 2 unspecified atom stereocenters. The van der Waals surface area contributed by atoms with E-state index in [1.807, 2.05) is 0 Å². The molecule has 2 rings (SSSR count). The maximum Gasteiger partial charge on any atom is 0.220 e. The van der Waals surface area contributed by atoms with E-state index in [-0.39, 0.29) is 11.5 Å². The van der Waals surface area contributed by atoms with Crippen LogP contribution in [0.25, 0.3) is 0 Å². The van der Waals surface area contributed by atoms with Crippen molar-refractivity contribution >= 4 is 5.91 Å². The largest absolute Gasteiger partial charge is 0.375 e. The maximum atomic E-state index is 11.5. The Labute approximate surface area is 116 Å². The fraction of sp³-hybridized carbons (Fsp3) is 0.933. The number of ether oxygens (including phenoxy) is 1. The number of hydrogen-bond acceptors (Lipinski definition) is 3. The topological polar surface area (TPSA) is 50.4 Å². The highest BCUT2D eigenvalue weighted by atomic mass is 16.5. The Morgan fingerprint density at radius 3 is 2.79 bits per heavy atom. The highest BCUT2D eigenvalue weighted by molar-refractivity contribution is 5.76. The van der Waals surface area contributed by atoms with Crippen LogP contribution in [0.15, 0.2) is 0 Å². The van der Waals surface area contributed by atoms with Gasteiger partial charge < -0.3 is 15.4 Å². The van der Waals surface area contributed by atoms with E-state index in [2.05, 4.69) is 24.5 Å². The molecule has 19 heavy (non-hydrogen) atoms. The molecule has 0 radical (unpaired) electrons. The summed E-state index contributed by atoms with van der Waals surface area (Å²) < 4.78 is 5.84. The Hall–Kier alpha value is -0.610. The summed E-state index contributed by atoms with van der Waals surface area (Å²) in [5, 5.41) is 6.60. The van der Waals surface area contributed by atoms with Crippen LogP contribution in [-0.2, 0) is 9.53 Å². The zero-order chi connectivity index (χ0) is 13.7. The molecular weight excluding hydrogens is 240 g/mol. The Morgan fingerprint density at radius 2 is 2.11 bits per heavy atom. The normalized spacial score (nSPS) is 31.2. The van der Waals surface area contributed by atoms with Gasteiger partial charge in [0.15, 0.2) is 0 Å². The molecule has 0 spiro atoms. The third kappa shape index (κ3) is 5.11. The van der Waals surface area contributed by atoms with Gasteiger partial charge in [-0.2, -0.15) is 0 Å². The van der Waals surface area contributed by atoms with Crippen molar-refractivity contribution in [1.29, 1.82) is 0 Å². The van der Waals surface area contributed by atoms with Gasteiger partial charge in [0.05, 0.1) is 5.60 Å². The van der Waals surface area contributed by atoms with Gasteiger partial charge in [-0.25, -0.2) is 0 Å². The van der Waals surface area contributed by atoms with E-state index in [9.17, 15) is 4.79 Å². The van der Waals surface area contributed by atoms with Crippen molar-refractivity contribution in [2.75, 3.05) is 13.2 Å². The van der Waals surface area contributed by atoms with E-state index < -0.39 is 0 Å². The first kappa shape index (κ1) is 14.8. The lowest BCUT2D eigenvalue weighted by Gasteiger charge is -2.38. The molecule has 1 saturated carbocycles. The number of rotatable bonds is 7. The Morgan fingerprint density at radius 1 is 1.32 bits per heavy atom. The molecule has 2 N–H and O–H groups in total. The first-order valence-electron chi connectivity index (χ1n) is 7.78. The van der Waals surface area contributed by atoms with E-state index in [0.29, 0.717) is 18.5 Å². The van der Waals surface area contributed by atoms with E-state index in [0.717, 1.165) is 38.8 Å². The van der Waals surface area contributed by atoms with Crippen LogP contribution in [-0.4, -0.2) is 36.7 Å². The van der Waals surface area contributed by atoms with Crippen molar-refractivity contribution in [2.45, 2.75) is 76.5 Å². The average molecular weight is 268 g/mol. The summed E-state index contributed by atoms with van der Waals surface area (Å²) in [7, 11) is 0. The molecule has 4 nitrogen and oxygen atoms in total. The molecule has 0 aromatic heterocycles. The first-order valence-corrected chi connectivity index (χ1v) is 7.78. The molecule has 1 aliphatic heterocycles. The minimum Gasteiger partial charge on any atom is -0.375 e. The molecule has 2 aliphatic rings. The molecule has 1 aliphatic carbocycles. The summed E-state index contributed by atoms with van der Waals surface area (Å²) in [4.78, 5) is 11.5. The second-order valence-electron chi connectivity index (χ2n) is 6.24. The summed E-state index contributed by atoms with van der Waals surface area (Å²) in [5.41, 5.74) is 0.0409. The second kappa shape index (κ2) is 6.71. The SMILES string of the molecule is CCC1(C)CC(NCCCC(=O)NC2CC2)CCO1. The van der Waals surface area contributed by atoms with Crippen molar-refractivity contribution in [2.24, 2.45) is 0 Å². The Balaban J connectivity index is 1.56. The van der Waals surface area contributed by atoms with E-state index in [1.165, 1.54) is 12.8 Å². The summed E-state index contributed by atoms with van der Waals surface area (Å²) in [6.45, 7) is 6.17. The molecule has 4 heteroatoms. The van der Waals surface area contributed by atoms with Crippen molar-refractivity contribution in [3.05, 3.63) is 0 Å². The molecule has 2 atom stereocenters. The van der Waals surface area contributed by atoms with Crippen LogP contribution in [0, 0.1) is 0 Å². The number of carbonyl (C=O) groups excluding carboxylic acids is 1. The van der Waals surface area contributed by atoms with E-state index >= 15 is 0 Å². The van der Waals surface area contributed by atoms with Crippen LogP contribution in [0.2, 0.25) is 0 Å². The monoisotopic (exact) mass is 268 g/mol. The van der Waals surface area contributed by atoms with Crippen molar-refractivity contribution in [3.63, 3.8) is 0 Å². The van der Waals surface area contributed by atoms with Gasteiger partial charge in [-0.15, -0.1) is 0 Å². The van der Waals surface area contributed by atoms with Crippen LogP contribution in [0.3, 0.4) is 0 Å². The lowest BCUT2D eigenvalue weighted by Crippen LogP contribution is -2.45. The van der Waals surface area contributed by atoms with Gasteiger partial charge in [0.1, 0.15) is 0 Å². The molecule has 2 fully saturated rings. The number of carbonyl (C=O) groups is 1. The minimum atomic E-state index is 0.0409. The predicted octanol–water partition coefficient (Wildman–Crippen LogP) is 1.98. The Kier molecular flexibility index (Phi) is 5.22. The van der Waals surface area contributed by atoms with Crippen molar-refractivity contribution in [3.8, 4) is 0 Å². The minimum absolute atomic E-state index is 0.0409. The van der Waals surface area contributed by atoms with Crippen LogP contribution in [0.5, 0.6) is 0 Å². The lowest BCUT2D eigenvalue weighted by molar-refractivity contribution is -0.121. The molecule has 0 aromatic carbocycles. The zero-order valence-electron chi connectivity index (χ0n) is 12.3. The maximum absolute atomic E-state index is 11.5. The van der Waals surface area contributed by atoms with Gasteiger partial charge in [0, 0.05) is 25.1 Å². The number of hydrogen-bond donors (Lipinski definition) is 2. The summed E-state index contributed by atoms with van der Waals surface area (Å²) >= 11 is 0. The quantitative estimate of drug-likeness (QED) is 0.694. The second-order valence-corrected chi connectivity index (χ2v) is 6.24. The summed E-state index contributed by atoms with van der Waals surface area (Å²) in [5.74, 6) is 0.217. The molecule has 1 saturated heterocycles. The predicted molar refractivity (Wildman–Crippen MR) is 76.1 cm³/mol. The van der Waals surface area contributed by atoms with Gasteiger partial charge in [-0.1, -0.05) is 6.92 Å². The summed E-state index contributed by atoms with van der Waals surface area (Å²) in [6, 6.07) is 1.03. The highest BCUT2D eigenvalue weighted by Gasteiger charge is 2.31. The third-order valence-electron chi connectivity index (χ3n) is 4.30. The third-order valence-corrected chi connectivity index (χ3v) is 4.30. The smallest absolute Gasteiger partial charge is 0.220 e. The van der Waals surface area contributed by atoms with Gasteiger partial charge in [-0.05, 0) is 52.0 Å². The van der Waals surface area contributed by atoms with Gasteiger partial charge in [-0.3, -0.25) is 4.79 Å². The average Bonchev–Trinajstić information content (AvgIpc) is 3.19. The lowest BCUT2D eigenvalue weighted by atomic mass is 9.90. The number of nitrogens with one attached hydrogen (secondary N) is 2. The molecule has 110 valence electrons. The molecule has 0 aromatic rings. The van der Waals surface area contributed by atoms with Gasteiger partial charge in [0.25, 0.3) is 0 Å². The zero-order valence-corrected chi connectivity index (χ0v) is 12.3. The van der Waals surface area contributed by atoms with Crippen LogP contribution in [0.4, 0.5) is 0 Å². The van der Waals surface area contributed by atoms with E-state index in [1.54, 1.807) is 0 Å². The van der Waals surface area contributed by atoms with E-state index in [4.69, 9.17) is 4.74 Å². The first-order chi connectivity index (χ1) is 9.11. The van der Waals surface area contributed by atoms with Crippen LogP contribution >= 0.6 is 0 Å². The standard InChI is InChI=1S/C15H28N2O2/c1-3-15(2)11-13(8-10-19-15)16-9-4-5-14(18)17-12-6-7-12/h12-13,16H,3-11H2,1-2H3,(H,17,18). The van der Waals surface area contributed by atoms with Gasteiger partial charge in [0.2, 0.25) is 5.91 Å². The van der Waals surface area contributed by atoms with Crippen molar-refractivity contribution in [1.82, 2.24) is 10.6 Å². The molecular formula is C15H28N2O2. The van der Waals surface area contributed by atoms with Crippen LogP contribution in [0.1, 0.15) is 58.8 Å². The fourth-order valence-corrected chi connectivity index (χ4v) is 2.63. The highest BCUT2D eigenvalue weighted by Crippen LogP contribution is 2.27. The fourth-order valence-electron chi connectivity index (χ4n) is 2.63. The molecule has 1 heterocycles. The number of amides is 1. The van der Waals surface area contributed by atoms with Crippen LogP contribution < -0.4 is 10.6 Å². The van der Waals surface area contributed by atoms with Gasteiger partial charge >= 0.3 is 0 Å².